The molecule has 0 aromatic carbocycles. The molecule has 1 saturated heterocycles. The zero-order valence-electron chi connectivity index (χ0n) is 10.3. The van der Waals surface area contributed by atoms with E-state index in [2.05, 4.69) is 5.32 Å². The van der Waals surface area contributed by atoms with Gasteiger partial charge in [0.2, 0.25) is 11.8 Å². The molecule has 0 aromatic rings. The molecule has 7 heteroatoms. The molecule has 100 valence electrons. The molecule has 1 aliphatic carbocycles. The first-order chi connectivity index (χ1) is 8.49. The molecule has 0 aromatic heterocycles. The van der Waals surface area contributed by atoms with Crippen molar-refractivity contribution in [3.63, 3.8) is 0 Å². The van der Waals surface area contributed by atoms with Gasteiger partial charge >= 0.3 is 5.97 Å². The lowest BCUT2D eigenvalue weighted by Gasteiger charge is -2.33. The van der Waals surface area contributed by atoms with Crippen molar-refractivity contribution in [2.75, 3.05) is 26.7 Å². The van der Waals surface area contributed by atoms with Crippen LogP contribution in [0.1, 0.15) is 12.8 Å². The van der Waals surface area contributed by atoms with Gasteiger partial charge in [-0.15, -0.1) is 0 Å². The number of likely N-dealkylation sites (N-methyl/N-ethyl adjacent to an activating group) is 1. The van der Waals surface area contributed by atoms with E-state index in [0.29, 0.717) is 6.04 Å². The van der Waals surface area contributed by atoms with E-state index in [9.17, 15) is 14.4 Å². The third kappa shape index (κ3) is 2.79. The van der Waals surface area contributed by atoms with Crippen molar-refractivity contribution < 1.29 is 19.5 Å². The maximum absolute atomic E-state index is 11.9. The van der Waals surface area contributed by atoms with E-state index in [1.165, 1.54) is 4.90 Å². The number of carboxylic acid groups (broad SMARTS) is 1. The van der Waals surface area contributed by atoms with E-state index in [-0.39, 0.29) is 31.4 Å². The predicted octanol–water partition coefficient (Wildman–Crippen LogP) is -1.51. The molecular weight excluding hydrogens is 238 g/mol. The molecule has 18 heavy (non-hydrogen) atoms. The van der Waals surface area contributed by atoms with Crippen molar-refractivity contribution in [2.24, 2.45) is 0 Å². The van der Waals surface area contributed by atoms with Gasteiger partial charge in [0.15, 0.2) is 0 Å². The quantitative estimate of drug-likeness (QED) is 0.637. The highest BCUT2D eigenvalue weighted by molar-refractivity contribution is 5.85. The molecule has 1 aliphatic heterocycles. The van der Waals surface area contributed by atoms with Gasteiger partial charge in [0.1, 0.15) is 6.04 Å². The molecule has 1 unspecified atom stereocenters. The van der Waals surface area contributed by atoms with Crippen LogP contribution in [-0.2, 0) is 14.4 Å². The molecule has 1 heterocycles. The third-order valence-electron chi connectivity index (χ3n) is 3.39. The number of rotatable bonds is 4. The zero-order chi connectivity index (χ0) is 13.3. The average molecular weight is 255 g/mol. The number of hydrogen-bond donors (Lipinski definition) is 2. The molecule has 0 spiro atoms. The summed E-state index contributed by atoms with van der Waals surface area (Å²) in [7, 11) is 1.72. The number of nitrogens with zero attached hydrogens (tertiary/aromatic N) is 2. The second-order valence-electron chi connectivity index (χ2n) is 4.80. The first kappa shape index (κ1) is 12.8. The van der Waals surface area contributed by atoms with E-state index in [1.54, 1.807) is 11.9 Å². The topological polar surface area (TPSA) is 90.0 Å². The summed E-state index contributed by atoms with van der Waals surface area (Å²) < 4.78 is 0. The van der Waals surface area contributed by atoms with Crippen LogP contribution in [0.25, 0.3) is 0 Å². The maximum atomic E-state index is 11.9. The van der Waals surface area contributed by atoms with Crippen LogP contribution < -0.4 is 5.32 Å². The summed E-state index contributed by atoms with van der Waals surface area (Å²) in [4.78, 5) is 37.3. The van der Waals surface area contributed by atoms with Gasteiger partial charge < -0.3 is 15.3 Å². The standard InChI is InChI=1S/C11H17N3O4/c1-13(7-2-3-7)10(16)6-14-5-9(15)12-4-8(14)11(17)18/h7-8H,2-6H2,1H3,(H,12,15)(H,17,18). The number of amides is 2. The third-order valence-corrected chi connectivity index (χ3v) is 3.39. The van der Waals surface area contributed by atoms with Crippen LogP contribution in [0.15, 0.2) is 0 Å². The summed E-state index contributed by atoms with van der Waals surface area (Å²) in [6, 6.07) is -0.529. The average Bonchev–Trinajstić information content (AvgIpc) is 3.11. The molecule has 1 saturated carbocycles. The van der Waals surface area contributed by atoms with Gasteiger partial charge in [-0.1, -0.05) is 0 Å². The van der Waals surface area contributed by atoms with E-state index in [4.69, 9.17) is 5.11 Å². The Hall–Kier alpha value is -1.63. The Balaban J connectivity index is 1.97. The fraction of sp³-hybridized carbons (Fsp3) is 0.727. The number of hydrogen-bond acceptors (Lipinski definition) is 4. The highest BCUT2D eigenvalue weighted by Crippen LogP contribution is 2.25. The highest BCUT2D eigenvalue weighted by atomic mass is 16.4. The Morgan fingerprint density at radius 3 is 2.72 bits per heavy atom. The van der Waals surface area contributed by atoms with Crippen LogP contribution in [0, 0.1) is 0 Å². The van der Waals surface area contributed by atoms with Crippen molar-refractivity contribution in [1.82, 2.24) is 15.1 Å². The first-order valence-electron chi connectivity index (χ1n) is 5.98. The SMILES string of the molecule is CN(C(=O)CN1CC(=O)NCC1C(=O)O)C1CC1. The number of piperazine rings is 1. The minimum absolute atomic E-state index is 0.0165. The molecular formula is C11H17N3O4. The lowest BCUT2D eigenvalue weighted by Crippen LogP contribution is -2.59. The molecule has 2 fully saturated rings. The largest absolute Gasteiger partial charge is 0.480 e. The normalized spacial score (nSPS) is 24.5. The van der Waals surface area contributed by atoms with Crippen molar-refractivity contribution in [2.45, 2.75) is 24.9 Å². The number of carbonyl (C=O) groups is 3. The van der Waals surface area contributed by atoms with Crippen LogP contribution >= 0.6 is 0 Å². The Morgan fingerprint density at radius 1 is 1.50 bits per heavy atom. The second-order valence-corrected chi connectivity index (χ2v) is 4.80. The maximum Gasteiger partial charge on any atom is 0.322 e. The van der Waals surface area contributed by atoms with Crippen molar-refractivity contribution in [1.29, 1.82) is 0 Å². The Labute approximate surface area is 105 Å². The van der Waals surface area contributed by atoms with E-state index >= 15 is 0 Å². The zero-order valence-corrected chi connectivity index (χ0v) is 10.3. The van der Waals surface area contributed by atoms with Crippen molar-refractivity contribution in [3.05, 3.63) is 0 Å². The molecule has 7 nitrogen and oxygen atoms in total. The van der Waals surface area contributed by atoms with E-state index in [1.807, 2.05) is 0 Å². The Kier molecular flexibility index (Phi) is 3.51. The lowest BCUT2D eigenvalue weighted by atomic mass is 10.2. The monoisotopic (exact) mass is 255 g/mol. The fourth-order valence-corrected chi connectivity index (χ4v) is 2.05. The summed E-state index contributed by atoms with van der Waals surface area (Å²) >= 11 is 0. The van der Waals surface area contributed by atoms with E-state index < -0.39 is 12.0 Å². The minimum atomic E-state index is -1.02. The summed E-state index contributed by atoms with van der Waals surface area (Å²) in [6.07, 6.45) is 2.01. The molecule has 1 atom stereocenters. The smallest absolute Gasteiger partial charge is 0.322 e. The molecule has 2 aliphatic rings. The Morgan fingerprint density at radius 2 is 2.17 bits per heavy atom. The first-order valence-corrected chi connectivity index (χ1v) is 5.98. The molecule has 0 bridgehead atoms. The van der Waals surface area contributed by atoms with Crippen molar-refractivity contribution in [3.8, 4) is 0 Å². The highest BCUT2D eigenvalue weighted by Gasteiger charge is 2.35. The van der Waals surface area contributed by atoms with Crippen LogP contribution in [0.2, 0.25) is 0 Å². The van der Waals surface area contributed by atoms with Crippen LogP contribution in [-0.4, -0.2) is 71.5 Å². The molecule has 2 rings (SSSR count). The van der Waals surface area contributed by atoms with Crippen LogP contribution in [0.5, 0.6) is 0 Å². The van der Waals surface area contributed by atoms with Crippen LogP contribution in [0.4, 0.5) is 0 Å². The number of carbonyl (C=O) groups excluding carboxylic acids is 2. The number of carboxylic acids is 1. The van der Waals surface area contributed by atoms with Gasteiger partial charge in [0.05, 0.1) is 13.1 Å². The van der Waals surface area contributed by atoms with E-state index in [0.717, 1.165) is 12.8 Å². The number of nitrogens with one attached hydrogen (secondary N) is 1. The summed E-state index contributed by atoms with van der Waals surface area (Å²) in [5.74, 6) is -1.38. The molecule has 0 radical (unpaired) electrons. The van der Waals surface area contributed by atoms with Crippen molar-refractivity contribution >= 4 is 17.8 Å². The Bertz CT molecular complexity index is 380. The summed E-state index contributed by atoms with van der Waals surface area (Å²) in [5, 5.41) is 11.5. The minimum Gasteiger partial charge on any atom is -0.480 e. The van der Waals surface area contributed by atoms with Gasteiger partial charge in [0, 0.05) is 19.6 Å². The predicted molar refractivity (Wildman–Crippen MR) is 61.8 cm³/mol. The molecule has 2 amide bonds. The van der Waals surface area contributed by atoms with Gasteiger partial charge in [-0.25, -0.2) is 0 Å². The van der Waals surface area contributed by atoms with Gasteiger partial charge in [-0.3, -0.25) is 19.3 Å². The summed E-state index contributed by atoms with van der Waals surface area (Å²) in [6.45, 7) is -0.00676. The number of aliphatic carboxylic acids is 1. The summed E-state index contributed by atoms with van der Waals surface area (Å²) in [5.41, 5.74) is 0. The fourth-order valence-electron chi connectivity index (χ4n) is 2.05. The van der Waals surface area contributed by atoms with Gasteiger partial charge in [-0.2, -0.15) is 0 Å². The van der Waals surface area contributed by atoms with Crippen LogP contribution in [0.3, 0.4) is 0 Å². The van der Waals surface area contributed by atoms with Gasteiger partial charge in [-0.05, 0) is 12.8 Å². The van der Waals surface area contributed by atoms with Gasteiger partial charge in [0.25, 0.3) is 0 Å². The second kappa shape index (κ2) is 4.93. The molecule has 2 N–H and O–H groups in total. The lowest BCUT2D eigenvalue weighted by molar-refractivity contribution is -0.147.